The molecule has 1 fully saturated rings. The molecule has 1 aliphatic carbocycles. The summed E-state index contributed by atoms with van der Waals surface area (Å²) in [4.78, 5) is 0. The topological polar surface area (TPSA) is 29.4 Å². The van der Waals surface area contributed by atoms with Gasteiger partial charge in [0.15, 0.2) is 0 Å². The van der Waals surface area contributed by atoms with Crippen molar-refractivity contribution in [1.29, 1.82) is 0 Å². The number of benzene rings is 1. The van der Waals surface area contributed by atoms with E-state index >= 15 is 0 Å². The zero-order valence-electron chi connectivity index (χ0n) is 8.36. The van der Waals surface area contributed by atoms with Crippen LogP contribution in [-0.2, 0) is 14.8 Å². The highest BCUT2D eigenvalue weighted by molar-refractivity contribution is 9.10. The lowest BCUT2D eigenvalue weighted by Crippen LogP contribution is -2.15. The van der Waals surface area contributed by atoms with E-state index in [0.29, 0.717) is 5.92 Å². The van der Waals surface area contributed by atoms with E-state index in [9.17, 15) is 4.21 Å². The van der Waals surface area contributed by atoms with Gasteiger partial charge in [-0.05, 0) is 24.3 Å². The van der Waals surface area contributed by atoms with Crippen molar-refractivity contribution in [2.45, 2.75) is 19.3 Å². The maximum Gasteiger partial charge on any atom is 0.0367 e. The summed E-state index contributed by atoms with van der Waals surface area (Å²) in [7, 11) is -1.05. The van der Waals surface area contributed by atoms with Crippen molar-refractivity contribution in [2.24, 2.45) is 10.3 Å². The van der Waals surface area contributed by atoms with Crippen LogP contribution in [0.1, 0.15) is 19.3 Å². The quantitative estimate of drug-likeness (QED) is 0.772. The van der Waals surface area contributed by atoms with Crippen LogP contribution in [0.3, 0.4) is 0 Å². The Labute approximate surface area is 100 Å². The lowest BCUT2D eigenvalue weighted by Gasteiger charge is -2.26. The molecule has 0 radical (unpaired) electrons. The van der Waals surface area contributed by atoms with Crippen LogP contribution in [0.2, 0.25) is 0 Å². The second-order valence-corrected chi connectivity index (χ2v) is 5.93. The van der Waals surface area contributed by atoms with Gasteiger partial charge in [0.05, 0.1) is 0 Å². The van der Waals surface area contributed by atoms with E-state index in [2.05, 4.69) is 20.3 Å². The molecule has 0 amide bonds. The molecule has 0 atom stereocenters. The molecule has 0 aromatic heterocycles. The third kappa shape index (κ3) is 3.31. The van der Waals surface area contributed by atoms with E-state index in [0.717, 1.165) is 15.9 Å². The first-order chi connectivity index (χ1) is 7.24. The van der Waals surface area contributed by atoms with Crippen LogP contribution in [0.5, 0.6) is 0 Å². The first kappa shape index (κ1) is 11.1. The maximum absolute atomic E-state index is 11.6. The zero-order valence-corrected chi connectivity index (χ0v) is 10.8. The normalized spacial score (nSPS) is 18.7. The standard InChI is InChI=1S/C11H13BrNOS/c12-10-4-6-11(7-5-10)13-15(14)8-9-2-1-3-9/h4-7,9H,1-3,8H2/q-1. The van der Waals surface area contributed by atoms with Gasteiger partial charge in [0.2, 0.25) is 0 Å². The Hall–Kier alpha value is -0.350. The Bertz CT molecular complexity index is 405. The van der Waals surface area contributed by atoms with Crippen molar-refractivity contribution in [3.63, 3.8) is 0 Å². The SMILES string of the molecule is O=[S-](CC1CCC1)=Nc1ccc(Br)cc1. The molecule has 0 saturated heterocycles. The number of rotatable bonds is 3. The predicted octanol–water partition coefficient (Wildman–Crippen LogP) is 4.03. The smallest absolute Gasteiger partial charge is 0.0367 e. The van der Waals surface area contributed by atoms with Crippen LogP contribution in [0.25, 0.3) is 0 Å². The molecule has 4 heteroatoms. The summed E-state index contributed by atoms with van der Waals surface area (Å²) in [6.07, 6.45) is 3.74. The van der Waals surface area contributed by atoms with Crippen molar-refractivity contribution >= 4 is 32.2 Å². The molecule has 0 spiro atoms. The molecule has 1 saturated carbocycles. The van der Waals surface area contributed by atoms with Gasteiger partial charge in [-0.3, -0.25) is 0 Å². The number of hydrogen-bond donors (Lipinski definition) is 0. The number of nitrogens with zero attached hydrogens (tertiary/aromatic N) is 1. The minimum atomic E-state index is -1.05. The number of halogens is 1. The highest BCUT2D eigenvalue weighted by Gasteiger charge is 2.13. The Kier molecular flexibility index (Phi) is 3.81. The molecule has 0 unspecified atom stereocenters. The molecule has 2 rings (SSSR count). The highest BCUT2D eigenvalue weighted by atomic mass is 79.9. The van der Waals surface area contributed by atoms with Gasteiger partial charge in [0.1, 0.15) is 0 Å². The second-order valence-electron chi connectivity index (χ2n) is 3.85. The van der Waals surface area contributed by atoms with Crippen LogP contribution < -0.4 is 0 Å². The van der Waals surface area contributed by atoms with Gasteiger partial charge in [-0.25, -0.2) is 0 Å². The Morgan fingerprint density at radius 3 is 2.53 bits per heavy atom. The summed E-state index contributed by atoms with van der Waals surface area (Å²) in [6, 6.07) is 7.59. The molecule has 1 aromatic carbocycles. The zero-order chi connectivity index (χ0) is 10.7. The van der Waals surface area contributed by atoms with E-state index in [-0.39, 0.29) is 0 Å². The van der Waals surface area contributed by atoms with Crippen molar-refractivity contribution in [2.75, 3.05) is 5.75 Å². The Morgan fingerprint density at radius 1 is 1.33 bits per heavy atom. The van der Waals surface area contributed by atoms with E-state index in [1.807, 2.05) is 24.3 Å². The van der Waals surface area contributed by atoms with Crippen LogP contribution in [0, 0.1) is 5.92 Å². The molecule has 2 nitrogen and oxygen atoms in total. The summed E-state index contributed by atoms with van der Waals surface area (Å²) in [6.45, 7) is 0. The van der Waals surface area contributed by atoms with Gasteiger partial charge >= 0.3 is 0 Å². The Balaban J connectivity index is 2.01. The summed E-state index contributed by atoms with van der Waals surface area (Å²) < 4.78 is 16.8. The van der Waals surface area contributed by atoms with Gasteiger partial charge in [0, 0.05) is 10.2 Å². The summed E-state index contributed by atoms with van der Waals surface area (Å²) in [5.41, 5.74) is 0.802. The molecule has 15 heavy (non-hydrogen) atoms. The first-order valence-electron chi connectivity index (χ1n) is 5.10. The van der Waals surface area contributed by atoms with E-state index < -0.39 is 10.6 Å². The summed E-state index contributed by atoms with van der Waals surface area (Å²) >= 11 is 3.35. The lowest BCUT2D eigenvalue weighted by molar-refractivity contribution is 0.350. The van der Waals surface area contributed by atoms with Gasteiger partial charge in [-0.15, -0.1) is 0 Å². The van der Waals surface area contributed by atoms with Crippen molar-refractivity contribution in [3.8, 4) is 0 Å². The fourth-order valence-electron chi connectivity index (χ4n) is 1.52. The van der Waals surface area contributed by atoms with E-state index in [1.54, 1.807) is 0 Å². The number of hydrogen-bond acceptors (Lipinski definition) is 3. The van der Waals surface area contributed by atoms with E-state index in [1.165, 1.54) is 19.3 Å². The van der Waals surface area contributed by atoms with Crippen molar-refractivity contribution in [3.05, 3.63) is 28.7 Å². The first-order valence-corrected chi connectivity index (χ1v) is 7.17. The average Bonchev–Trinajstić information content (AvgIpc) is 2.16. The molecular weight excluding hydrogens is 274 g/mol. The van der Waals surface area contributed by atoms with Gasteiger partial charge in [-0.1, -0.05) is 46.9 Å². The fourth-order valence-corrected chi connectivity index (χ4v) is 2.95. The fraction of sp³-hybridized carbons (Fsp3) is 0.455. The van der Waals surface area contributed by atoms with Gasteiger partial charge in [-0.2, -0.15) is 10.6 Å². The molecule has 82 valence electrons. The van der Waals surface area contributed by atoms with Crippen molar-refractivity contribution in [1.82, 2.24) is 0 Å². The molecular formula is C11H13BrNOS-. The minimum Gasteiger partial charge on any atom is -0.444 e. The lowest BCUT2D eigenvalue weighted by atomic mass is 9.87. The van der Waals surface area contributed by atoms with Crippen LogP contribution >= 0.6 is 15.9 Å². The monoisotopic (exact) mass is 286 g/mol. The van der Waals surface area contributed by atoms with Crippen LogP contribution in [0.15, 0.2) is 33.1 Å². The Morgan fingerprint density at radius 2 is 2.00 bits per heavy atom. The molecule has 1 aromatic rings. The predicted molar refractivity (Wildman–Crippen MR) is 66.5 cm³/mol. The molecule has 0 bridgehead atoms. The summed E-state index contributed by atoms with van der Waals surface area (Å²) in [5, 5.41) is 0. The van der Waals surface area contributed by atoms with Gasteiger partial charge in [0.25, 0.3) is 0 Å². The molecule has 0 aliphatic heterocycles. The third-order valence-electron chi connectivity index (χ3n) is 2.64. The average molecular weight is 287 g/mol. The van der Waals surface area contributed by atoms with Gasteiger partial charge < -0.3 is 8.57 Å². The largest absolute Gasteiger partial charge is 0.444 e. The second kappa shape index (κ2) is 5.12. The minimum absolute atomic E-state index is 0.644. The van der Waals surface area contributed by atoms with Crippen LogP contribution in [0.4, 0.5) is 5.69 Å². The molecule has 1 aliphatic rings. The highest BCUT2D eigenvalue weighted by Crippen LogP contribution is 2.27. The molecule has 0 N–H and O–H groups in total. The molecule has 0 heterocycles. The third-order valence-corrected chi connectivity index (χ3v) is 4.34. The summed E-state index contributed by atoms with van der Waals surface area (Å²) in [5.74, 6) is 1.38. The maximum atomic E-state index is 11.6. The van der Waals surface area contributed by atoms with E-state index in [4.69, 9.17) is 0 Å². The van der Waals surface area contributed by atoms with Crippen LogP contribution in [-0.4, -0.2) is 5.75 Å². The van der Waals surface area contributed by atoms with Crippen molar-refractivity contribution < 1.29 is 4.21 Å².